The zero-order chi connectivity index (χ0) is 19.6. The van der Waals surface area contributed by atoms with Gasteiger partial charge < -0.3 is 9.68 Å². The molecule has 0 unspecified atom stereocenters. The maximum Gasteiger partial charge on any atom is 0.430 e. The molecule has 28 heavy (non-hydrogen) atoms. The molecule has 7 nitrogen and oxygen atoms in total. The highest BCUT2D eigenvalue weighted by Crippen LogP contribution is 2.36. The Morgan fingerprint density at radius 1 is 1.29 bits per heavy atom. The minimum atomic E-state index is -0.472. The Morgan fingerprint density at radius 3 is 2.68 bits per heavy atom. The lowest BCUT2D eigenvalue weighted by atomic mass is 9.87. The summed E-state index contributed by atoms with van der Waals surface area (Å²) in [5.41, 5.74) is 2.57. The molecule has 1 aromatic heterocycles. The number of oxime groups is 1. The minimum absolute atomic E-state index is 0.302. The van der Waals surface area contributed by atoms with Crippen molar-refractivity contribution in [1.29, 1.82) is 0 Å². The maximum atomic E-state index is 12.2. The van der Waals surface area contributed by atoms with Crippen LogP contribution >= 0.6 is 11.3 Å². The van der Waals surface area contributed by atoms with E-state index in [0.29, 0.717) is 19.0 Å². The van der Waals surface area contributed by atoms with Gasteiger partial charge in [0.15, 0.2) is 0 Å². The van der Waals surface area contributed by atoms with E-state index in [-0.39, 0.29) is 5.60 Å². The molecular formula is C20H24N4O3S. The summed E-state index contributed by atoms with van der Waals surface area (Å²) in [7, 11) is 0. The minimum Gasteiger partial charge on any atom is -0.388 e. The van der Waals surface area contributed by atoms with Crippen molar-refractivity contribution in [2.24, 2.45) is 5.16 Å². The van der Waals surface area contributed by atoms with Crippen LogP contribution in [0, 0.1) is 0 Å². The first-order valence-corrected chi connectivity index (χ1v) is 10.4. The van der Waals surface area contributed by atoms with Gasteiger partial charge in [-0.2, -0.15) is 0 Å². The van der Waals surface area contributed by atoms with Crippen LogP contribution in [0.25, 0.3) is 0 Å². The molecule has 3 heterocycles. The van der Waals surface area contributed by atoms with E-state index in [1.807, 2.05) is 29.6 Å². The first-order chi connectivity index (χ1) is 13.5. The second kappa shape index (κ2) is 7.89. The molecule has 0 radical (unpaired) electrons. The number of piperidine rings is 1. The summed E-state index contributed by atoms with van der Waals surface area (Å²) in [4.78, 5) is 27.7. The smallest absolute Gasteiger partial charge is 0.388 e. The van der Waals surface area contributed by atoms with E-state index in [2.05, 4.69) is 29.3 Å². The molecule has 0 atom stereocenters. The fourth-order valence-corrected chi connectivity index (χ4v) is 4.08. The fraction of sp³-hybridized carbons (Fsp3) is 0.450. The van der Waals surface area contributed by atoms with Crippen molar-refractivity contribution >= 4 is 28.8 Å². The lowest BCUT2D eigenvalue weighted by molar-refractivity contribution is -0.154. The number of carbonyl (C=O) groups excluding carboxylic acids is 1. The number of carbonyl (C=O) groups is 1. The number of hydrogen-bond acceptors (Lipinski definition) is 7. The largest absolute Gasteiger partial charge is 0.430 e. The number of thiazole rings is 1. The molecular weight excluding hydrogens is 376 g/mol. The van der Waals surface area contributed by atoms with E-state index in [4.69, 9.17) is 9.68 Å². The number of amides is 1. The van der Waals surface area contributed by atoms with Crippen molar-refractivity contribution in [3.63, 3.8) is 0 Å². The van der Waals surface area contributed by atoms with Crippen molar-refractivity contribution in [3.8, 4) is 0 Å². The highest BCUT2D eigenvalue weighted by molar-refractivity contribution is 7.11. The summed E-state index contributed by atoms with van der Waals surface area (Å²) >= 11 is 1.57. The molecule has 0 saturated carbocycles. The van der Waals surface area contributed by atoms with Crippen LogP contribution in [0.5, 0.6) is 0 Å². The van der Waals surface area contributed by atoms with Gasteiger partial charge in [-0.1, -0.05) is 31.1 Å². The molecule has 0 aliphatic carbocycles. The van der Waals surface area contributed by atoms with Crippen molar-refractivity contribution in [2.75, 3.05) is 18.4 Å². The molecule has 0 bridgehead atoms. The van der Waals surface area contributed by atoms with Gasteiger partial charge in [0, 0.05) is 49.6 Å². The second-order valence-electron chi connectivity index (χ2n) is 7.54. The van der Waals surface area contributed by atoms with E-state index in [9.17, 15) is 4.79 Å². The maximum absolute atomic E-state index is 12.2. The Morgan fingerprint density at radius 2 is 2.04 bits per heavy atom. The highest BCUT2D eigenvalue weighted by Gasteiger charge is 2.43. The zero-order valence-electron chi connectivity index (χ0n) is 16.1. The van der Waals surface area contributed by atoms with Gasteiger partial charge in [-0.3, -0.25) is 5.32 Å². The molecule has 1 fully saturated rings. The zero-order valence-corrected chi connectivity index (χ0v) is 16.9. The number of anilines is 1. The van der Waals surface area contributed by atoms with Gasteiger partial charge in [-0.15, -0.1) is 16.4 Å². The van der Waals surface area contributed by atoms with E-state index >= 15 is 0 Å². The van der Waals surface area contributed by atoms with Crippen molar-refractivity contribution < 1.29 is 14.5 Å². The van der Waals surface area contributed by atoms with E-state index < -0.39 is 6.09 Å². The van der Waals surface area contributed by atoms with Crippen LogP contribution in [-0.4, -0.2) is 40.5 Å². The molecule has 1 aromatic carbocycles. The number of benzene rings is 1. The first kappa shape index (κ1) is 18.9. The van der Waals surface area contributed by atoms with Crippen LogP contribution < -0.4 is 5.32 Å². The quantitative estimate of drug-likeness (QED) is 0.824. The average Bonchev–Trinajstić information content (AvgIpc) is 3.35. The molecule has 1 N–H and O–H groups in total. The third-order valence-corrected chi connectivity index (χ3v) is 6.01. The number of rotatable bonds is 4. The third-order valence-electron chi connectivity index (χ3n) is 5.19. The summed E-state index contributed by atoms with van der Waals surface area (Å²) in [6.45, 7) is 5.50. The van der Waals surface area contributed by atoms with E-state index in [1.165, 1.54) is 5.56 Å². The van der Waals surface area contributed by atoms with Gasteiger partial charge in [0.25, 0.3) is 0 Å². The Hall–Kier alpha value is -2.45. The molecule has 4 rings (SSSR count). The average molecular weight is 401 g/mol. The number of nitrogens with zero attached hydrogens (tertiary/aromatic N) is 3. The number of nitrogens with one attached hydrogen (secondary N) is 1. The van der Waals surface area contributed by atoms with Crippen molar-refractivity contribution in [1.82, 2.24) is 10.0 Å². The number of hydrogen-bond donors (Lipinski definition) is 1. The van der Waals surface area contributed by atoms with Gasteiger partial charge in [0.05, 0.1) is 0 Å². The van der Waals surface area contributed by atoms with Crippen LogP contribution in [0.4, 0.5) is 10.5 Å². The highest BCUT2D eigenvalue weighted by atomic mass is 32.1. The molecule has 2 aliphatic heterocycles. The lowest BCUT2D eigenvalue weighted by Gasteiger charge is -2.35. The van der Waals surface area contributed by atoms with Crippen LogP contribution in [0.1, 0.15) is 49.6 Å². The fourth-order valence-electron chi connectivity index (χ4n) is 3.46. The van der Waals surface area contributed by atoms with Gasteiger partial charge in [-0.25, -0.2) is 9.78 Å². The number of aromatic nitrogens is 1. The summed E-state index contributed by atoms with van der Waals surface area (Å²) in [5, 5.41) is 11.6. The summed E-state index contributed by atoms with van der Waals surface area (Å²) in [6, 6.07) is 7.82. The van der Waals surface area contributed by atoms with Crippen LogP contribution in [0.2, 0.25) is 0 Å². The SMILES string of the molecule is CC(C)c1ccc(NC(=O)ON2CCC3(CC2)CC(c2nccs2)=NO3)cc1. The lowest BCUT2D eigenvalue weighted by Crippen LogP contribution is -2.45. The predicted octanol–water partition coefficient (Wildman–Crippen LogP) is 4.39. The molecule has 1 amide bonds. The monoisotopic (exact) mass is 400 g/mol. The second-order valence-corrected chi connectivity index (χ2v) is 8.43. The molecule has 8 heteroatoms. The summed E-state index contributed by atoms with van der Waals surface area (Å²) < 4.78 is 0. The first-order valence-electron chi connectivity index (χ1n) is 9.52. The van der Waals surface area contributed by atoms with Crippen molar-refractivity contribution in [2.45, 2.75) is 44.6 Å². The van der Waals surface area contributed by atoms with E-state index in [0.717, 1.165) is 35.7 Å². The third kappa shape index (κ3) is 4.18. The molecule has 148 valence electrons. The normalized spacial score (nSPS) is 18.8. The van der Waals surface area contributed by atoms with Crippen LogP contribution in [0.15, 0.2) is 41.0 Å². The van der Waals surface area contributed by atoms with Crippen LogP contribution in [-0.2, 0) is 9.68 Å². The molecule has 1 spiro atoms. The Balaban J connectivity index is 1.25. The van der Waals surface area contributed by atoms with Gasteiger partial charge in [0.1, 0.15) is 16.3 Å². The van der Waals surface area contributed by atoms with E-state index in [1.54, 1.807) is 22.6 Å². The molecule has 1 saturated heterocycles. The summed E-state index contributed by atoms with van der Waals surface area (Å²) in [5.74, 6) is 0.458. The molecule has 2 aromatic rings. The standard InChI is InChI=1S/C20H24N4O3S/c1-14(2)15-3-5-16(6-4-15)22-19(25)26-24-10-7-20(8-11-24)13-17(23-27-20)18-21-9-12-28-18/h3-6,9,12,14H,7-8,10-11,13H2,1-2H3,(H,22,25). The predicted molar refractivity (Wildman–Crippen MR) is 109 cm³/mol. The van der Waals surface area contributed by atoms with Gasteiger partial charge in [0.2, 0.25) is 0 Å². The Kier molecular flexibility index (Phi) is 5.32. The van der Waals surface area contributed by atoms with Crippen molar-refractivity contribution in [3.05, 3.63) is 46.4 Å². The Bertz CT molecular complexity index is 841. The topological polar surface area (TPSA) is 76.0 Å². The van der Waals surface area contributed by atoms with Gasteiger partial charge >= 0.3 is 6.09 Å². The molecule has 2 aliphatic rings. The number of hydroxylamine groups is 2. The Labute approximate surface area is 168 Å². The van der Waals surface area contributed by atoms with Crippen LogP contribution in [0.3, 0.4) is 0 Å². The summed E-state index contributed by atoms with van der Waals surface area (Å²) in [6.07, 6.45) is 3.56. The van der Waals surface area contributed by atoms with Gasteiger partial charge in [-0.05, 0) is 23.6 Å².